The molecule has 0 radical (unpaired) electrons. The van der Waals surface area contributed by atoms with Gasteiger partial charge in [0, 0.05) is 37.2 Å². The van der Waals surface area contributed by atoms with Gasteiger partial charge in [0.2, 0.25) is 6.79 Å². The summed E-state index contributed by atoms with van der Waals surface area (Å²) < 4.78 is 12.5. The summed E-state index contributed by atoms with van der Waals surface area (Å²) >= 11 is 0. The summed E-state index contributed by atoms with van der Waals surface area (Å²) in [4.78, 5) is 28.3. The summed E-state index contributed by atoms with van der Waals surface area (Å²) in [6, 6.07) is 5.32. The fourth-order valence-electron chi connectivity index (χ4n) is 4.76. The van der Waals surface area contributed by atoms with Crippen molar-refractivity contribution in [3.05, 3.63) is 40.7 Å². The van der Waals surface area contributed by atoms with Gasteiger partial charge in [0.05, 0.1) is 5.69 Å². The summed E-state index contributed by atoms with van der Waals surface area (Å²) in [5.74, 6) is 1.15. The van der Waals surface area contributed by atoms with Gasteiger partial charge < -0.3 is 14.4 Å². The Balaban J connectivity index is 1.35. The van der Waals surface area contributed by atoms with Crippen LogP contribution in [-0.2, 0) is 19.9 Å². The first-order chi connectivity index (χ1) is 14.1. The number of amides is 1. The van der Waals surface area contributed by atoms with Crippen molar-refractivity contribution in [3.8, 4) is 11.5 Å². The summed E-state index contributed by atoms with van der Waals surface area (Å²) in [5.41, 5.74) is 3.49. The summed E-state index contributed by atoms with van der Waals surface area (Å²) in [5, 5.41) is 4.58. The van der Waals surface area contributed by atoms with Crippen LogP contribution in [0.2, 0.25) is 0 Å². The van der Waals surface area contributed by atoms with Crippen molar-refractivity contribution < 1.29 is 19.1 Å². The molecule has 1 aromatic heterocycles. The molecule has 1 aromatic carbocycles. The number of hydrogen-bond acceptors (Lipinski definition) is 5. The number of ether oxygens (including phenoxy) is 2. The number of aromatic nitrogens is 2. The number of hydrogen-bond donors (Lipinski definition) is 0. The third kappa shape index (κ3) is 3.18. The largest absolute Gasteiger partial charge is 0.454 e. The molecule has 7 heteroatoms. The number of fused-ring (bicyclic) bond motifs is 2. The van der Waals surface area contributed by atoms with E-state index in [1.54, 1.807) is 22.9 Å². The highest BCUT2D eigenvalue weighted by Crippen LogP contribution is 2.34. The van der Waals surface area contributed by atoms with Gasteiger partial charge in [-0.1, -0.05) is 0 Å². The van der Waals surface area contributed by atoms with Crippen LogP contribution < -0.4 is 9.47 Å². The minimum Gasteiger partial charge on any atom is -0.454 e. The molecule has 2 aromatic rings. The van der Waals surface area contributed by atoms with E-state index in [4.69, 9.17) is 9.47 Å². The van der Waals surface area contributed by atoms with E-state index in [2.05, 4.69) is 5.10 Å². The van der Waals surface area contributed by atoms with Crippen molar-refractivity contribution in [2.24, 2.45) is 13.0 Å². The van der Waals surface area contributed by atoms with Gasteiger partial charge in [-0.3, -0.25) is 14.3 Å². The quantitative estimate of drug-likeness (QED) is 0.747. The zero-order valence-electron chi connectivity index (χ0n) is 16.6. The zero-order chi connectivity index (χ0) is 20.0. The van der Waals surface area contributed by atoms with E-state index in [1.165, 1.54) is 0 Å². The Labute approximate surface area is 169 Å². The zero-order valence-corrected chi connectivity index (χ0v) is 16.6. The van der Waals surface area contributed by atoms with Crippen LogP contribution in [0.15, 0.2) is 18.2 Å². The van der Waals surface area contributed by atoms with E-state index in [0.717, 1.165) is 49.8 Å². The van der Waals surface area contributed by atoms with Crippen molar-refractivity contribution in [2.45, 2.75) is 38.5 Å². The van der Waals surface area contributed by atoms with Gasteiger partial charge >= 0.3 is 0 Å². The molecule has 152 valence electrons. The van der Waals surface area contributed by atoms with E-state index in [-0.39, 0.29) is 24.4 Å². The van der Waals surface area contributed by atoms with Gasteiger partial charge in [-0.25, -0.2) is 0 Å². The van der Waals surface area contributed by atoms with Crippen LogP contribution in [0.4, 0.5) is 0 Å². The second kappa shape index (κ2) is 7.21. The number of carbonyl (C=O) groups is 2. The van der Waals surface area contributed by atoms with Crippen molar-refractivity contribution in [2.75, 3.05) is 19.9 Å². The highest BCUT2D eigenvalue weighted by Gasteiger charge is 2.33. The molecule has 1 unspecified atom stereocenters. The Hall–Kier alpha value is -2.83. The fraction of sp³-hybridized carbons (Fsp3) is 0.500. The van der Waals surface area contributed by atoms with Gasteiger partial charge in [0.15, 0.2) is 17.3 Å². The van der Waals surface area contributed by atoms with Crippen molar-refractivity contribution >= 4 is 11.7 Å². The molecule has 7 nitrogen and oxygen atoms in total. The van der Waals surface area contributed by atoms with Gasteiger partial charge in [-0.05, 0) is 56.7 Å². The van der Waals surface area contributed by atoms with E-state index < -0.39 is 0 Å². The lowest BCUT2D eigenvalue weighted by molar-refractivity contribution is 0.0627. The Morgan fingerprint density at radius 2 is 1.93 bits per heavy atom. The van der Waals surface area contributed by atoms with Crippen LogP contribution in [-0.4, -0.2) is 46.3 Å². The van der Waals surface area contributed by atoms with E-state index in [1.807, 2.05) is 11.9 Å². The van der Waals surface area contributed by atoms with Crippen molar-refractivity contribution in [3.63, 3.8) is 0 Å². The average Bonchev–Trinajstić information content (AvgIpc) is 3.35. The molecule has 2 aliphatic heterocycles. The maximum atomic E-state index is 13.3. The lowest BCUT2D eigenvalue weighted by Crippen LogP contribution is -2.43. The molecular formula is C22H25N3O4. The van der Waals surface area contributed by atoms with E-state index >= 15 is 0 Å². The predicted octanol–water partition coefficient (Wildman–Crippen LogP) is 2.76. The number of aryl methyl sites for hydroxylation is 2. The second-order valence-electron chi connectivity index (χ2n) is 8.13. The molecule has 1 saturated heterocycles. The van der Waals surface area contributed by atoms with Crippen LogP contribution in [0.3, 0.4) is 0 Å². The highest BCUT2D eigenvalue weighted by molar-refractivity contribution is 6.00. The molecular weight excluding hydrogens is 370 g/mol. The lowest BCUT2D eigenvalue weighted by Gasteiger charge is -2.32. The Morgan fingerprint density at radius 1 is 1.10 bits per heavy atom. The van der Waals surface area contributed by atoms with Crippen LogP contribution in [0.5, 0.6) is 11.5 Å². The minimum absolute atomic E-state index is 0.00587. The average molecular weight is 395 g/mol. The maximum absolute atomic E-state index is 13.3. The van der Waals surface area contributed by atoms with Crippen molar-refractivity contribution in [1.82, 2.24) is 14.7 Å². The fourth-order valence-corrected chi connectivity index (χ4v) is 4.76. The summed E-state index contributed by atoms with van der Waals surface area (Å²) in [6.45, 7) is 1.32. The molecule has 1 fully saturated rings. The number of carbonyl (C=O) groups excluding carboxylic acids is 2. The van der Waals surface area contributed by atoms with Crippen molar-refractivity contribution in [1.29, 1.82) is 0 Å². The number of nitrogens with zero attached hydrogens (tertiary/aromatic N) is 3. The van der Waals surface area contributed by atoms with Gasteiger partial charge in [-0.15, -0.1) is 0 Å². The topological polar surface area (TPSA) is 73.7 Å². The monoisotopic (exact) mass is 395 g/mol. The lowest BCUT2D eigenvalue weighted by atomic mass is 9.89. The molecule has 1 atom stereocenters. The Bertz CT molecular complexity index is 981. The number of likely N-dealkylation sites (tertiary alicyclic amines) is 1. The SMILES string of the molecule is Cn1nc2c(c1C(=O)N1CCCC(C(=O)c3ccc4c(c3)OCO4)C1)CCCC2. The molecule has 0 saturated carbocycles. The van der Waals surface area contributed by atoms with Crippen LogP contribution in [0.1, 0.15) is 57.8 Å². The predicted molar refractivity (Wildman–Crippen MR) is 105 cm³/mol. The standard InChI is InChI=1S/C22H25N3O4/c1-24-20(16-6-2-3-7-17(16)23-24)22(27)25-10-4-5-15(12-25)21(26)14-8-9-18-19(11-14)29-13-28-18/h8-9,11,15H,2-7,10,12-13H2,1H3. The normalized spacial score (nSPS) is 20.4. The molecule has 3 heterocycles. The molecule has 0 bridgehead atoms. The molecule has 5 rings (SSSR count). The van der Waals surface area contributed by atoms with Gasteiger partial charge in [0.25, 0.3) is 5.91 Å². The first-order valence-electron chi connectivity index (χ1n) is 10.4. The molecule has 3 aliphatic rings. The number of benzene rings is 1. The maximum Gasteiger partial charge on any atom is 0.272 e. The molecule has 0 N–H and O–H groups in total. The molecule has 1 amide bonds. The number of Topliss-reactive ketones (excluding diaryl/α,β-unsaturated/α-hetero) is 1. The van der Waals surface area contributed by atoms with E-state index in [0.29, 0.717) is 35.8 Å². The smallest absolute Gasteiger partial charge is 0.272 e. The Kier molecular flexibility index (Phi) is 4.53. The first-order valence-corrected chi connectivity index (χ1v) is 10.4. The number of piperidine rings is 1. The third-order valence-electron chi connectivity index (χ3n) is 6.26. The molecule has 0 spiro atoms. The van der Waals surface area contributed by atoms with Gasteiger partial charge in [-0.2, -0.15) is 5.10 Å². The summed E-state index contributed by atoms with van der Waals surface area (Å²) in [7, 11) is 1.85. The van der Waals surface area contributed by atoms with Gasteiger partial charge in [0.1, 0.15) is 5.69 Å². The van der Waals surface area contributed by atoms with E-state index in [9.17, 15) is 9.59 Å². The third-order valence-corrected chi connectivity index (χ3v) is 6.26. The number of rotatable bonds is 3. The van der Waals surface area contributed by atoms with Crippen LogP contribution in [0, 0.1) is 5.92 Å². The summed E-state index contributed by atoms with van der Waals surface area (Å²) in [6.07, 6.45) is 5.71. The minimum atomic E-state index is -0.197. The number of ketones is 1. The highest BCUT2D eigenvalue weighted by atomic mass is 16.7. The van der Waals surface area contributed by atoms with Crippen LogP contribution in [0.25, 0.3) is 0 Å². The first kappa shape index (κ1) is 18.2. The second-order valence-corrected chi connectivity index (χ2v) is 8.13. The Morgan fingerprint density at radius 3 is 2.83 bits per heavy atom. The van der Waals surface area contributed by atoms with Crippen LogP contribution >= 0.6 is 0 Å². The molecule has 1 aliphatic carbocycles. The molecule has 29 heavy (non-hydrogen) atoms.